The molecule has 0 radical (unpaired) electrons. The number of amides is 1. The number of carbonyl (C=O) groups is 1. The Morgan fingerprint density at radius 2 is 1.92 bits per heavy atom. The molecule has 10 heteroatoms. The van der Waals surface area contributed by atoms with Crippen LogP contribution in [0.4, 0.5) is 18.9 Å². The van der Waals surface area contributed by atoms with Gasteiger partial charge in [-0.1, -0.05) is 17.7 Å². The van der Waals surface area contributed by atoms with Gasteiger partial charge in [0.25, 0.3) is 5.91 Å². The number of aromatic nitrogens is 3. The van der Waals surface area contributed by atoms with Crippen LogP contribution in [0.25, 0.3) is 5.69 Å². The molecule has 0 aliphatic carbocycles. The number of carbonyl (C=O) groups excluding carboxylic acids is 1. The molecule has 2 aromatic heterocycles. The van der Waals surface area contributed by atoms with E-state index in [1.54, 1.807) is 12.1 Å². The lowest BCUT2D eigenvalue weighted by Gasteiger charge is -2.12. The van der Waals surface area contributed by atoms with Gasteiger partial charge in [0, 0.05) is 11.8 Å². The molecule has 3 rings (SSSR count). The fourth-order valence-electron chi connectivity index (χ4n) is 2.18. The average Bonchev–Trinajstić information content (AvgIpc) is 3.11. The van der Waals surface area contributed by atoms with Crippen molar-refractivity contribution in [2.75, 3.05) is 5.43 Å². The van der Waals surface area contributed by atoms with Crippen molar-refractivity contribution < 1.29 is 18.0 Å². The number of hydrogen-bond acceptors (Lipinski definition) is 4. The zero-order chi connectivity index (χ0) is 18.7. The summed E-state index contributed by atoms with van der Waals surface area (Å²) in [6, 6.07) is 9.72. The molecule has 6 nitrogen and oxygen atoms in total. The maximum atomic E-state index is 13.0. The van der Waals surface area contributed by atoms with Gasteiger partial charge in [-0.25, -0.2) is 9.67 Å². The summed E-state index contributed by atoms with van der Waals surface area (Å²) in [5, 5.41) is 3.84. The van der Waals surface area contributed by atoms with Gasteiger partial charge in [-0.05, 0) is 36.4 Å². The summed E-state index contributed by atoms with van der Waals surface area (Å²) in [6.45, 7) is 0. The quantitative estimate of drug-likeness (QED) is 0.534. The van der Waals surface area contributed by atoms with E-state index in [1.165, 1.54) is 30.5 Å². The zero-order valence-electron chi connectivity index (χ0n) is 13.0. The van der Waals surface area contributed by atoms with E-state index in [9.17, 15) is 18.0 Å². The highest BCUT2D eigenvalue weighted by molar-refractivity contribution is 6.31. The average molecular weight is 382 g/mol. The van der Waals surface area contributed by atoms with Crippen molar-refractivity contribution in [3.63, 3.8) is 0 Å². The Balaban J connectivity index is 1.80. The van der Waals surface area contributed by atoms with Crippen LogP contribution in [0.5, 0.6) is 0 Å². The number of hydrazine groups is 1. The standard InChI is InChI=1S/C16H11ClF3N5O/c17-14-12(5-2-7-21-14)23-24-15(26)10-3-1-4-11(9-10)25-13(6-8-22-25)16(18,19)20/h1-9,23H,(H,24,26). The van der Waals surface area contributed by atoms with Crippen LogP contribution in [0.1, 0.15) is 16.1 Å². The molecule has 0 unspecified atom stereocenters. The molecule has 134 valence electrons. The number of nitrogens with one attached hydrogen (secondary N) is 2. The molecule has 0 aliphatic rings. The molecule has 1 amide bonds. The van der Waals surface area contributed by atoms with Crippen LogP contribution in [0.3, 0.4) is 0 Å². The van der Waals surface area contributed by atoms with Gasteiger partial charge >= 0.3 is 6.18 Å². The first kappa shape index (κ1) is 17.7. The van der Waals surface area contributed by atoms with Crippen LogP contribution in [-0.2, 0) is 6.18 Å². The van der Waals surface area contributed by atoms with Gasteiger partial charge in [-0.15, -0.1) is 0 Å². The predicted molar refractivity (Wildman–Crippen MR) is 88.9 cm³/mol. The van der Waals surface area contributed by atoms with Crippen molar-refractivity contribution in [3.8, 4) is 5.69 Å². The van der Waals surface area contributed by atoms with E-state index in [0.29, 0.717) is 5.69 Å². The molecule has 0 saturated heterocycles. The molecule has 3 aromatic rings. The van der Waals surface area contributed by atoms with E-state index in [1.807, 2.05) is 0 Å². The van der Waals surface area contributed by atoms with Crippen LogP contribution in [0, 0.1) is 0 Å². The van der Waals surface area contributed by atoms with E-state index >= 15 is 0 Å². The summed E-state index contributed by atoms with van der Waals surface area (Å²) in [4.78, 5) is 16.1. The minimum absolute atomic E-state index is 0.106. The number of pyridine rings is 1. The summed E-state index contributed by atoms with van der Waals surface area (Å²) in [6.07, 6.45) is -2.03. The molecule has 0 saturated carbocycles. The van der Waals surface area contributed by atoms with Crippen molar-refractivity contribution in [1.82, 2.24) is 20.2 Å². The van der Waals surface area contributed by atoms with Crippen LogP contribution in [0.2, 0.25) is 5.15 Å². The van der Waals surface area contributed by atoms with Gasteiger partial charge in [0.2, 0.25) is 0 Å². The van der Waals surface area contributed by atoms with Gasteiger partial charge in [0.05, 0.1) is 17.6 Å². The molecule has 2 N–H and O–H groups in total. The first-order valence-electron chi connectivity index (χ1n) is 7.25. The highest BCUT2D eigenvalue weighted by Gasteiger charge is 2.35. The summed E-state index contributed by atoms with van der Waals surface area (Å²) in [5.41, 5.74) is 4.70. The van der Waals surface area contributed by atoms with Gasteiger partial charge in [0.15, 0.2) is 5.15 Å². The summed E-state index contributed by atoms with van der Waals surface area (Å²) < 4.78 is 39.7. The zero-order valence-corrected chi connectivity index (χ0v) is 13.7. The second kappa shape index (κ2) is 7.04. The van der Waals surface area contributed by atoms with Crippen LogP contribution >= 0.6 is 11.6 Å². The summed E-state index contributed by atoms with van der Waals surface area (Å²) in [5.74, 6) is -0.563. The molecule has 2 heterocycles. The topological polar surface area (TPSA) is 71.8 Å². The first-order chi connectivity index (χ1) is 12.4. The van der Waals surface area contributed by atoms with Crippen LogP contribution in [-0.4, -0.2) is 20.7 Å². The molecule has 0 atom stereocenters. The molecule has 0 bridgehead atoms. The molecule has 1 aromatic carbocycles. The van der Waals surface area contributed by atoms with E-state index in [2.05, 4.69) is 20.9 Å². The monoisotopic (exact) mass is 381 g/mol. The minimum Gasteiger partial charge on any atom is -0.295 e. The van der Waals surface area contributed by atoms with Crippen molar-refractivity contribution in [1.29, 1.82) is 0 Å². The van der Waals surface area contributed by atoms with Gasteiger partial charge in [-0.2, -0.15) is 18.3 Å². The number of hydrogen-bond donors (Lipinski definition) is 2. The molecular weight excluding hydrogens is 371 g/mol. The van der Waals surface area contributed by atoms with Crippen LogP contribution in [0.15, 0.2) is 54.9 Å². The Bertz CT molecular complexity index is 941. The van der Waals surface area contributed by atoms with Gasteiger partial charge in [0.1, 0.15) is 5.69 Å². The second-order valence-electron chi connectivity index (χ2n) is 5.10. The normalized spacial score (nSPS) is 11.2. The van der Waals surface area contributed by atoms with E-state index in [-0.39, 0.29) is 16.4 Å². The number of halogens is 4. The summed E-state index contributed by atoms with van der Waals surface area (Å²) in [7, 11) is 0. The third-order valence-electron chi connectivity index (χ3n) is 3.36. The van der Waals surface area contributed by atoms with Crippen molar-refractivity contribution >= 4 is 23.2 Å². The molecule has 0 fully saturated rings. The lowest BCUT2D eigenvalue weighted by Crippen LogP contribution is -2.29. The first-order valence-corrected chi connectivity index (χ1v) is 7.62. The summed E-state index contributed by atoms with van der Waals surface area (Å²) >= 11 is 5.86. The second-order valence-corrected chi connectivity index (χ2v) is 5.46. The fourth-order valence-corrected chi connectivity index (χ4v) is 2.34. The Kier molecular flexibility index (Phi) is 4.81. The molecule has 0 aliphatic heterocycles. The Labute approximate surface area is 150 Å². The third-order valence-corrected chi connectivity index (χ3v) is 3.66. The van der Waals surface area contributed by atoms with E-state index in [4.69, 9.17) is 11.6 Å². The highest BCUT2D eigenvalue weighted by Crippen LogP contribution is 2.30. The van der Waals surface area contributed by atoms with Crippen molar-refractivity contribution in [2.45, 2.75) is 6.18 Å². The van der Waals surface area contributed by atoms with Crippen molar-refractivity contribution in [2.24, 2.45) is 0 Å². The Hall–Kier alpha value is -3.07. The Morgan fingerprint density at radius 1 is 1.12 bits per heavy atom. The lowest BCUT2D eigenvalue weighted by molar-refractivity contribution is -0.142. The Morgan fingerprint density at radius 3 is 2.65 bits per heavy atom. The number of rotatable bonds is 4. The highest BCUT2D eigenvalue weighted by atomic mass is 35.5. The maximum Gasteiger partial charge on any atom is 0.433 e. The largest absolute Gasteiger partial charge is 0.433 e. The number of nitrogens with zero attached hydrogens (tertiary/aromatic N) is 3. The third kappa shape index (κ3) is 3.77. The predicted octanol–water partition coefficient (Wildman–Crippen LogP) is 3.70. The molecule has 26 heavy (non-hydrogen) atoms. The number of benzene rings is 1. The van der Waals surface area contributed by atoms with Gasteiger partial charge in [-0.3, -0.25) is 15.6 Å². The smallest absolute Gasteiger partial charge is 0.295 e. The molecule has 0 spiro atoms. The van der Waals surface area contributed by atoms with Gasteiger partial charge < -0.3 is 0 Å². The van der Waals surface area contributed by atoms with E-state index in [0.717, 1.165) is 16.9 Å². The number of anilines is 1. The van der Waals surface area contributed by atoms with Crippen LogP contribution < -0.4 is 10.9 Å². The minimum atomic E-state index is -4.56. The van der Waals surface area contributed by atoms with E-state index < -0.39 is 17.8 Å². The fraction of sp³-hybridized carbons (Fsp3) is 0.0625. The SMILES string of the molecule is O=C(NNc1cccnc1Cl)c1cccc(-n2nccc2C(F)(F)F)c1. The lowest BCUT2D eigenvalue weighted by atomic mass is 10.2. The number of alkyl halides is 3. The van der Waals surface area contributed by atoms with Crippen molar-refractivity contribution in [3.05, 3.63) is 71.3 Å². The molecular formula is C16H11ClF3N5O. The maximum absolute atomic E-state index is 13.0.